The molecule has 4 rings (SSSR count). The van der Waals surface area contributed by atoms with Crippen LogP contribution in [0.2, 0.25) is 0 Å². The minimum atomic E-state index is 0.513. The van der Waals surface area contributed by atoms with Crippen molar-refractivity contribution in [3.63, 3.8) is 0 Å². The van der Waals surface area contributed by atoms with Gasteiger partial charge < -0.3 is 10.6 Å². The van der Waals surface area contributed by atoms with Crippen molar-refractivity contribution in [1.82, 2.24) is 30.3 Å². The van der Waals surface area contributed by atoms with Gasteiger partial charge >= 0.3 is 0 Å². The molecule has 3 aromatic rings. The van der Waals surface area contributed by atoms with Crippen LogP contribution in [-0.4, -0.2) is 44.6 Å². The number of hydrogen-bond acceptors (Lipinski definition) is 6. The summed E-state index contributed by atoms with van der Waals surface area (Å²) in [4.78, 5) is 10.5. The molecule has 1 saturated heterocycles. The van der Waals surface area contributed by atoms with Gasteiger partial charge in [-0.05, 0) is 18.2 Å². The van der Waals surface area contributed by atoms with Gasteiger partial charge in [0.25, 0.3) is 0 Å². The zero-order valence-corrected chi connectivity index (χ0v) is 13.3. The molecule has 0 atom stereocenters. The smallest absolute Gasteiger partial charge is 0.222 e. The van der Waals surface area contributed by atoms with E-state index in [9.17, 15) is 0 Å². The van der Waals surface area contributed by atoms with Crippen LogP contribution in [0.15, 0.2) is 48.8 Å². The molecule has 7 nitrogen and oxygen atoms in total. The molecule has 2 aromatic heterocycles. The van der Waals surface area contributed by atoms with Crippen LogP contribution in [0.5, 0.6) is 0 Å². The first-order valence-corrected chi connectivity index (χ1v) is 8.13. The van der Waals surface area contributed by atoms with Gasteiger partial charge in [0.1, 0.15) is 0 Å². The van der Waals surface area contributed by atoms with Gasteiger partial charge in [0.05, 0.1) is 23.3 Å². The molecular weight excluding hydrogens is 302 g/mol. The SMILES string of the molecule is c1ccc(-n2ncc(CCNc3nccc(C4CNC4)n3)n2)cc1. The molecule has 0 amide bonds. The van der Waals surface area contributed by atoms with E-state index < -0.39 is 0 Å². The van der Waals surface area contributed by atoms with Gasteiger partial charge in [-0.15, -0.1) is 0 Å². The molecule has 0 bridgehead atoms. The third kappa shape index (κ3) is 3.26. The maximum atomic E-state index is 4.58. The number of nitrogens with one attached hydrogen (secondary N) is 2. The van der Waals surface area contributed by atoms with E-state index in [-0.39, 0.29) is 0 Å². The Morgan fingerprint density at radius 1 is 1.17 bits per heavy atom. The normalized spacial score (nSPS) is 14.3. The van der Waals surface area contributed by atoms with Crippen LogP contribution in [0.3, 0.4) is 0 Å². The molecule has 1 aromatic carbocycles. The second kappa shape index (κ2) is 6.76. The van der Waals surface area contributed by atoms with Crippen LogP contribution >= 0.6 is 0 Å². The van der Waals surface area contributed by atoms with Gasteiger partial charge in [0.2, 0.25) is 5.95 Å². The highest BCUT2D eigenvalue weighted by Crippen LogP contribution is 2.17. The Morgan fingerprint density at radius 2 is 2.04 bits per heavy atom. The zero-order chi connectivity index (χ0) is 16.2. The number of benzene rings is 1. The lowest BCUT2D eigenvalue weighted by Gasteiger charge is -2.26. The summed E-state index contributed by atoms with van der Waals surface area (Å²) >= 11 is 0. The minimum absolute atomic E-state index is 0.513. The van der Waals surface area contributed by atoms with E-state index in [4.69, 9.17) is 0 Å². The standard InChI is InChI=1S/C17H19N7/c1-2-4-15(5-3-1)24-21-12-14(23-24)6-8-19-17-20-9-7-16(22-17)13-10-18-11-13/h1-5,7,9,12-13,18H,6,8,10-11H2,(H,19,20,22). The molecule has 3 heterocycles. The number of aromatic nitrogens is 5. The van der Waals surface area contributed by atoms with Crippen LogP contribution in [-0.2, 0) is 6.42 Å². The number of para-hydroxylation sites is 1. The van der Waals surface area contributed by atoms with Crippen molar-refractivity contribution in [1.29, 1.82) is 0 Å². The highest BCUT2D eigenvalue weighted by Gasteiger charge is 2.20. The fourth-order valence-corrected chi connectivity index (χ4v) is 2.58. The van der Waals surface area contributed by atoms with E-state index in [1.54, 1.807) is 11.0 Å². The monoisotopic (exact) mass is 321 g/mol. The first-order valence-electron chi connectivity index (χ1n) is 8.13. The Balaban J connectivity index is 1.34. The molecule has 1 aliphatic rings. The second-order valence-corrected chi connectivity index (χ2v) is 5.80. The topological polar surface area (TPSA) is 80.5 Å². The predicted octanol–water partition coefficient (Wildman–Crippen LogP) is 1.40. The van der Waals surface area contributed by atoms with Crippen LogP contribution in [0.1, 0.15) is 17.3 Å². The molecule has 122 valence electrons. The number of anilines is 1. The Morgan fingerprint density at radius 3 is 2.83 bits per heavy atom. The van der Waals surface area contributed by atoms with Crippen LogP contribution in [0, 0.1) is 0 Å². The van der Waals surface area contributed by atoms with Crippen molar-refractivity contribution in [2.75, 3.05) is 25.0 Å². The Labute approximate surface area is 140 Å². The molecule has 0 spiro atoms. The van der Waals surface area contributed by atoms with Crippen molar-refractivity contribution in [2.45, 2.75) is 12.3 Å². The highest BCUT2D eigenvalue weighted by molar-refractivity contribution is 5.29. The molecule has 0 aliphatic carbocycles. The van der Waals surface area contributed by atoms with E-state index in [0.29, 0.717) is 11.9 Å². The third-order valence-corrected chi connectivity index (χ3v) is 4.07. The molecule has 0 unspecified atom stereocenters. The van der Waals surface area contributed by atoms with E-state index >= 15 is 0 Å². The predicted molar refractivity (Wildman–Crippen MR) is 91.2 cm³/mol. The quantitative estimate of drug-likeness (QED) is 0.714. The molecule has 24 heavy (non-hydrogen) atoms. The van der Waals surface area contributed by atoms with Crippen LogP contribution in [0.25, 0.3) is 5.69 Å². The van der Waals surface area contributed by atoms with Crippen molar-refractivity contribution in [3.05, 3.63) is 60.2 Å². The molecule has 1 fully saturated rings. The molecule has 0 saturated carbocycles. The van der Waals surface area contributed by atoms with Crippen molar-refractivity contribution in [2.24, 2.45) is 0 Å². The van der Waals surface area contributed by atoms with Crippen LogP contribution in [0.4, 0.5) is 5.95 Å². The summed E-state index contributed by atoms with van der Waals surface area (Å²) in [5.74, 6) is 1.19. The maximum Gasteiger partial charge on any atom is 0.222 e. The molecular formula is C17H19N7. The van der Waals surface area contributed by atoms with Gasteiger partial charge in [-0.1, -0.05) is 18.2 Å². The lowest BCUT2D eigenvalue weighted by molar-refractivity contribution is 0.439. The Bertz CT molecular complexity index is 795. The first kappa shape index (κ1) is 14.8. The fourth-order valence-electron chi connectivity index (χ4n) is 2.58. The number of rotatable bonds is 6. The average Bonchev–Trinajstić information content (AvgIpc) is 3.04. The number of hydrogen-bond donors (Lipinski definition) is 2. The van der Waals surface area contributed by atoms with E-state index in [1.807, 2.05) is 42.6 Å². The summed E-state index contributed by atoms with van der Waals surface area (Å²) < 4.78 is 0. The third-order valence-electron chi connectivity index (χ3n) is 4.07. The van der Waals surface area contributed by atoms with E-state index in [1.165, 1.54) is 0 Å². The fraction of sp³-hybridized carbons (Fsp3) is 0.294. The van der Waals surface area contributed by atoms with E-state index in [2.05, 4.69) is 30.8 Å². The summed E-state index contributed by atoms with van der Waals surface area (Å²) in [6.45, 7) is 2.72. The summed E-state index contributed by atoms with van der Waals surface area (Å²) in [6, 6.07) is 11.9. The minimum Gasteiger partial charge on any atom is -0.354 e. The maximum absolute atomic E-state index is 4.58. The lowest BCUT2D eigenvalue weighted by atomic mass is 9.99. The summed E-state index contributed by atoms with van der Waals surface area (Å²) in [7, 11) is 0. The largest absolute Gasteiger partial charge is 0.354 e. The van der Waals surface area contributed by atoms with Gasteiger partial charge in [-0.25, -0.2) is 9.97 Å². The van der Waals surface area contributed by atoms with Crippen molar-refractivity contribution >= 4 is 5.95 Å². The second-order valence-electron chi connectivity index (χ2n) is 5.80. The van der Waals surface area contributed by atoms with Crippen LogP contribution < -0.4 is 10.6 Å². The lowest BCUT2D eigenvalue weighted by Crippen LogP contribution is -2.40. The summed E-state index contributed by atoms with van der Waals surface area (Å²) in [5, 5.41) is 15.3. The molecule has 1 aliphatic heterocycles. The summed E-state index contributed by atoms with van der Waals surface area (Å²) in [5.41, 5.74) is 2.99. The summed E-state index contributed by atoms with van der Waals surface area (Å²) in [6.07, 6.45) is 4.38. The van der Waals surface area contributed by atoms with Gasteiger partial charge in [0, 0.05) is 38.2 Å². The van der Waals surface area contributed by atoms with Gasteiger partial charge in [-0.3, -0.25) is 0 Å². The Kier molecular flexibility index (Phi) is 4.16. The molecule has 2 N–H and O–H groups in total. The van der Waals surface area contributed by atoms with E-state index in [0.717, 1.165) is 43.1 Å². The average molecular weight is 321 g/mol. The van der Waals surface area contributed by atoms with Crippen molar-refractivity contribution < 1.29 is 0 Å². The van der Waals surface area contributed by atoms with Gasteiger partial charge in [0.15, 0.2) is 0 Å². The highest BCUT2D eigenvalue weighted by atomic mass is 15.5. The molecule has 0 radical (unpaired) electrons. The Hall–Kier alpha value is -2.80. The van der Waals surface area contributed by atoms with Gasteiger partial charge in [-0.2, -0.15) is 15.0 Å². The number of nitrogens with zero attached hydrogens (tertiary/aromatic N) is 5. The first-order chi connectivity index (χ1) is 11.9. The zero-order valence-electron chi connectivity index (χ0n) is 13.3. The molecule has 7 heteroatoms. The van der Waals surface area contributed by atoms with Crippen molar-refractivity contribution in [3.8, 4) is 5.69 Å².